The molecule has 2 aromatic carbocycles. The SMILES string of the molecule is O=C(Nc1cccc(-c2ccn[nH]2)c1)c1ccc(Cn2ccnc2)cc1. The zero-order valence-corrected chi connectivity index (χ0v) is 14.0. The van der Waals surface area contributed by atoms with Gasteiger partial charge in [0, 0.05) is 41.9 Å². The number of H-pyrrole nitrogens is 1. The highest BCUT2D eigenvalue weighted by Crippen LogP contribution is 2.21. The monoisotopic (exact) mass is 343 g/mol. The van der Waals surface area contributed by atoms with Crippen LogP contribution in [0.25, 0.3) is 11.3 Å². The summed E-state index contributed by atoms with van der Waals surface area (Å²) in [6, 6.07) is 17.1. The Labute approximate surface area is 150 Å². The first-order valence-electron chi connectivity index (χ1n) is 8.24. The van der Waals surface area contributed by atoms with Gasteiger partial charge in [-0.05, 0) is 35.9 Å². The van der Waals surface area contributed by atoms with Gasteiger partial charge in [-0.15, -0.1) is 0 Å². The fourth-order valence-electron chi connectivity index (χ4n) is 2.74. The van der Waals surface area contributed by atoms with Crippen LogP contribution in [0.3, 0.4) is 0 Å². The summed E-state index contributed by atoms with van der Waals surface area (Å²) in [5, 5.41) is 9.81. The first-order valence-corrected chi connectivity index (χ1v) is 8.24. The second kappa shape index (κ2) is 7.06. The van der Waals surface area contributed by atoms with Gasteiger partial charge in [0.05, 0.1) is 12.0 Å². The van der Waals surface area contributed by atoms with E-state index in [2.05, 4.69) is 20.5 Å². The molecule has 1 amide bonds. The van der Waals surface area contributed by atoms with Gasteiger partial charge < -0.3 is 9.88 Å². The molecule has 0 radical (unpaired) electrons. The van der Waals surface area contributed by atoms with Crippen LogP contribution in [-0.2, 0) is 6.54 Å². The molecule has 0 atom stereocenters. The van der Waals surface area contributed by atoms with Crippen molar-refractivity contribution in [1.82, 2.24) is 19.7 Å². The Morgan fingerprint density at radius 3 is 2.69 bits per heavy atom. The van der Waals surface area contributed by atoms with Crippen molar-refractivity contribution in [2.45, 2.75) is 6.54 Å². The number of anilines is 1. The van der Waals surface area contributed by atoms with E-state index in [0.29, 0.717) is 5.56 Å². The van der Waals surface area contributed by atoms with Crippen LogP contribution in [-0.4, -0.2) is 25.7 Å². The summed E-state index contributed by atoms with van der Waals surface area (Å²) in [7, 11) is 0. The second-order valence-electron chi connectivity index (χ2n) is 5.94. The Balaban J connectivity index is 1.45. The van der Waals surface area contributed by atoms with Gasteiger partial charge in [0.2, 0.25) is 0 Å². The normalized spacial score (nSPS) is 10.6. The number of hydrogen-bond acceptors (Lipinski definition) is 3. The number of carbonyl (C=O) groups excluding carboxylic acids is 1. The summed E-state index contributed by atoms with van der Waals surface area (Å²) in [5.41, 5.74) is 4.35. The Hall–Kier alpha value is -3.67. The van der Waals surface area contributed by atoms with Crippen LogP contribution in [0.2, 0.25) is 0 Å². The summed E-state index contributed by atoms with van der Waals surface area (Å²) in [5.74, 6) is -0.138. The molecule has 0 saturated heterocycles. The molecule has 26 heavy (non-hydrogen) atoms. The van der Waals surface area contributed by atoms with Gasteiger partial charge in [-0.3, -0.25) is 9.89 Å². The largest absolute Gasteiger partial charge is 0.333 e. The first-order chi connectivity index (χ1) is 12.8. The van der Waals surface area contributed by atoms with Crippen LogP contribution in [0, 0.1) is 0 Å². The van der Waals surface area contributed by atoms with E-state index in [1.165, 1.54) is 0 Å². The summed E-state index contributed by atoms with van der Waals surface area (Å²) < 4.78 is 1.98. The average Bonchev–Trinajstić information content (AvgIpc) is 3.37. The molecule has 0 aliphatic heterocycles. The molecule has 0 fully saturated rings. The third kappa shape index (κ3) is 3.54. The van der Waals surface area contributed by atoms with E-state index in [0.717, 1.165) is 29.1 Å². The lowest BCUT2D eigenvalue weighted by Crippen LogP contribution is -2.12. The second-order valence-corrected chi connectivity index (χ2v) is 5.94. The van der Waals surface area contributed by atoms with Crippen molar-refractivity contribution in [2.24, 2.45) is 0 Å². The molecule has 2 aromatic heterocycles. The highest BCUT2D eigenvalue weighted by atomic mass is 16.1. The lowest BCUT2D eigenvalue weighted by atomic mass is 10.1. The van der Waals surface area contributed by atoms with Crippen molar-refractivity contribution in [1.29, 1.82) is 0 Å². The van der Waals surface area contributed by atoms with Crippen LogP contribution in [0.15, 0.2) is 79.5 Å². The molecule has 0 spiro atoms. The molecule has 0 aliphatic rings. The van der Waals surface area contributed by atoms with Gasteiger partial charge in [-0.1, -0.05) is 24.3 Å². The predicted octanol–water partition coefficient (Wildman–Crippen LogP) is 3.57. The maximum atomic E-state index is 12.5. The third-order valence-electron chi connectivity index (χ3n) is 4.07. The van der Waals surface area contributed by atoms with Crippen molar-refractivity contribution in [2.75, 3.05) is 5.32 Å². The number of nitrogens with one attached hydrogen (secondary N) is 2. The average molecular weight is 343 g/mol. The van der Waals surface area contributed by atoms with E-state index in [-0.39, 0.29) is 5.91 Å². The van der Waals surface area contributed by atoms with Crippen molar-refractivity contribution in [3.8, 4) is 11.3 Å². The molecule has 2 heterocycles. The topological polar surface area (TPSA) is 75.6 Å². The number of rotatable bonds is 5. The zero-order chi connectivity index (χ0) is 17.8. The van der Waals surface area contributed by atoms with E-state index in [9.17, 15) is 4.79 Å². The smallest absolute Gasteiger partial charge is 0.255 e. The number of carbonyl (C=O) groups is 1. The molecule has 0 saturated carbocycles. The number of amides is 1. The molecule has 4 aromatic rings. The molecule has 0 bridgehead atoms. The van der Waals surface area contributed by atoms with Crippen molar-refractivity contribution in [3.63, 3.8) is 0 Å². The number of aromatic amines is 1. The van der Waals surface area contributed by atoms with E-state index in [4.69, 9.17) is 0 Å². The molecule has 128 valence electrons. The highest BCUT2D eigenvalue weighted by Gasteiger charge is 2.07. The third-order valence-corrected chi connectivity index (χ3v) is 4.07. The fourth-order valence-corrected chi connectivity index (χ4v) is 2.74. The standard InChI is InChI=1S/C20H17N5O/c26-20(16-6-4-15(5-7-16)13-25-11-10-21-14-25)23-18-3-1-2-17(12-18)19-8-9-22-24-19/h1-12,14H,13H2,(H,22,24)(H,23,26). The Morgan fingerprint density at radius 2 is 1.96 bits per heavy atom. The fraction of sp³-hybridized carbons (Fsp3) is 0.0500. The van der Waals surface area contributed by atoms with E-state index < -0.39 is 0 Å². The Kier molecular flexibility index (Phi) is 4.30. The number of nitrogens with zero attached hydrogens (tertiary/aromatic N) is 3. The molecule has 4 rings (SSSR count). The first kappa shape index (κ1) is 15.8. The molecular formula is C20H17N5O. The van der Waals surface area contributed by atoms with Gasteiger partial charge in [-0.2, -0.15) is 5.10 Å². The van der Waals surface area contributed by atoms with E-state index in [1.807, 2.05) is 65.4 Å². The highest BCUT2D eigenvalue weighted by molar-refractivity contribution is 6.04. The molecule has 0 aliphatic carbocycles. The number of benzene rings is 2. The molecular weight excluding hydrogens is 326 g/mol. The summed E-state index contributed by atoms with van der Waals surface area (Å²) in [6.45, 7) is 0.730. The predicted molar refractivity (Wildman–Crippen MR) is 99.7 cm³/mol. The summed E-state index contributed by atoms with van der Waals surface area (Å²) in [6.07, 6.45) is 7.13. The van der Waals surface area contributed by atoms with E-state index in [1.54, 1.807) is 18.7 Å². The van der Waals surface area contributed by atoms with Crippen molar-refractivity contribution < 1.29 is 4.79 Å². The van der Waals surface area contributed by atoms with E-state index >= 15 is 0 Å². The maximum absolute atomic E-state index is 12.5. The molecule has 6 nitrogen and oxygen atoms in total. The van der Waals surface area contributed by atoms with Crippen LogP contribution in [0.5, 0.6) is 0 Å². The van der Waals surface area contributed by atoms with Gasteiger partial charge in [0.15, 0.2) is 0 Å². The minimum absolute atomic E-state index is 0.138. The van der Waals surface area contributed by atoms with Gasteiger partial charge >= 0.3 is 0 Å². The Bertz CT molecular complexity index is 989. The van der Waals surface area contributed by atoms with Crippen LogP contribution >= 0.6 is 0 Å². The number of hydrogen-bond donors (Lipinski definition) is 2. The van der Waals surface area contributed by atoms with Crippen molar-refractivity contribution >= 4 is 11.6 Å². The van der Waals surface area contributed by atoms with Crippen molar-refractivity contribution in [3.05, 3.63) is 90.6 Å². The van der Waals surface area contributed by atoms with Crippen LogP contribution in [0.4, 0.5) is 5.69 Å². The molecule has 6 heteroatoms. The minimum Gasteiger partial charge on any atom is -0.333 e. The molecule has 2 N–H and O–H groups in total. The maximum Gasteiger partial charge on any atom is 0.255 e. The quantitative estimate of drug-likeness (QED) is 0.582. The minimum atomic E-state index is -0.138. The molecule has 0 unspecified atom stereocenters. The van der Waals surface area contributed by atoms with Crippen LogP contribution in [0.1, 0.15) is 15.9 Å². The Morgan fingerprint density at radius 1 is 1.08 bits per heavy atom. The zero-order valence-electron chi connectivity index (χ0n) is 14.0. The lowest BCUT2D eigenvalue weighted by Gasteiger charge is -2.08. The van der Waals surface area contributed by atoms with Crippen LogP contribution < -0.4 is 5.32 Å². The lowest BCUT2D eigenvalue weighted by molar-refractivity contribution is 0.102. The van der Waals surface area contributed by atoms with Gasteiger partial charge in [0.1, 0.15) is 0 Å². The summed E-state index contributed by atoms with van der Waals surface area (Å²) >= 11 is 0. The van der Waals surface area contributed by atoms with Gasteiger partial charge in [-0.25, -0.2) is 4.98 Å². The van der Waals surface area contributed by atoms with Gasteiger partial charge in [0.25, 0.3) is 5.91 Å². The summed E-state index contributed by atoms with van der Waals surface area (Å²) in [4.78, 5) is 16.5. The number of imidazole rings is 1. The number of aromatic nitrogens is 4.